The lowest BCUT2D eigenvalue weighted by atomic mass is 9.96. The lowest BCUT2D eigenvalue weighted by Gasteiger charge is -2.45. The zero-order valence-electron chi connectivity index (χ0n) is 26.4. The maximum Gasteiger partial charge on any atom is 0.781 e. The first-order valence-corrected chi connectivity index (χ1v) is 18.9. The molecule has 0 radical (unpaired) electrons. The number of unbranched alkanes of at least 4 members (excludes halogenated alkanes) is 8. The Labute approximate surface area is 254 Å². The molecule has 2 aliphatic rings. The minimum atomic E-state index is -2.97. The van der Waals surface area contributed by atoms with E-state index in [2.05, 4.69) is 27.7 Å². The summed E-state index contributed by atoms with van der Waals surface area (Å²) in [5.41, 5.74) is 0.506. The molecule has 2 aromatic carbocycles. The first-order chi connectivity index (χ1) is 20.4. The predicted molar refractivity (Wildman–Crippen MR) is 175 cm³/mol. The van der Waals surface area contributed by atoms with E-state index in [1.165, 1.54) is 77.0 Å². The van der Waals surface area contributed by atoms with Crippen molar-refractivity contribution >= 4 is 26.2 Å². The molecule has 8 heteroatoms. The Hall–Kier alpha value is -2.53. The van der Waals surface area contributed by atoms with Crippen molar-refractivity contribution in [3.05, 3.63) is 59.7 Å². The van der Waals surface area contributed by atoms with Crippen molar-refractivity contribution in [3.63, 3.8) is 0 Å². The molecule has 6 nitrogen and oxygen atoms in total. The third-order valence-corrected chi connectivity index (χ3v) is 13.3. The third kappa shape index (κ3) is 9.76. The second-order valence-corrected chi connectivity index (χ2v) is 16.2. The molecule has 1 spiro atoms. The van der Waals surface area contributed by atoms with E-state index < -0.39 is 26.2 Å². The molecule has 0 aliphatic carbocycles. The Morgan fingerprint density at radius 3 is 1.33 bits per heavy atom. The molecule has 0 N–H and O–H groups in total. The molecule has 0 saturated heterocycles. The Morgan fingerprint density at radius 2 is 0.881 bits per heavy atom. The standard InChI is InChI=1S/C20H44P.C14H8BO6/c1-5-9-13-14-15-16-20-21(17-10-6-2,18-11-7-3)19-12-8-4;16-13-9-5-1-3-7-11(9)18-15(20-13)19-12-8-4-2-6-10(12)14(17)21-15/h5-20H2,1-4H3;1-8H/q+1;-1. The van der Waals surface area contributed by atoms with Crippen LogP contribution in [0.5, 0.6) is 11.5 Å². The van der Waals surface area contributed by atoms with Gasteiger partial charge < -0.3 is 18.6 Å². The molecule has 2 heterocycles. The summed E-state index contributed by atoms with van der Waals surface area (Å²) < 4.78 is 21.2. The molecule has 4 rings (SSSR count). The number of benzene rings is 2. The van der Waals surface area contributed by atoms with Gasteiger partial charge in [-0.05, 0) is 56.4 Å². The second kappa shape index (κ2) is 17.6. The zero-order valence-corrected chi connectivity index (χ0v) is 27.3. The number of hydrogen-bond donors (Lipinski definition) is 0. The van der Waals surface area contributed by atoms with Crippen molar-refractivity contribution in [2.24, 2.45) is 0 Å². The molecule has 0 fully saturated rings. The van der Waals surface area contributed by atoms with Crippen LogP contribution >= 0.6 is 7.26 Å². The number of fused-ring (bicyclic) bond motifs is 2. The van der Waals surface area contributed by atoms with Gasteiger partial charge in [-0.25, -0.2) is 0 Å². The van der Waals surface area contributed by atoms with Gasteiger partial charge in [0.1, 0.15) is 0 Å². The minimum Gasteiger partial charge on any atom is -0.610 e. The topological polar surface area (TPSA) is 71.1 Å². The van der Waals surface area contributed by atoms with E-state index in [0.29, 0.717) is 0 Å². The first-order valence-electron chi connectivity index (χ1n) is 16.4. The maximum atomic E-state index is 12.0. The number of para-hydroxylation sites is 2. The molecule has 2 aromatic rings. The van der Waals surface area contributed by atoms with E-state index >= 15 is 0 Å². The van der Waals surface area contributed by atoms with Crippen LogP contribution in [0.4, 0.5) is 0 Å². The Kier molecular flexibility index (Phi) is 14.2. The molecule has 0 saturated carbocycles. The van der Waals surface area contributed by atoms with Gasteiger partial charge in [0.15, 0.2) is 0 Å². The smallest absolute Gasteiger partial charge is 0.610 e. The molecule has 0 aromatic heterocycles. The van der Waals surface area contributed by atoms with Gasteiger partial charge in [0.05, 0.1) is 47.3 Å². The van der Waals surface area contributed by atoms with Crippen molar-refractivity contribution < 1.29 is 28.2 Å². The quantitative estimate of drug-likeness (QED) is 0.109. The van der Waals surface area contributed by atoms with Gasteiger partial charge in [0, 0.05) is 7.26 Å². The van der Waals surface area contributed by atoms with Gasteiger partial charge in [0.2, 0.25) is 0 Å². The highest BCUT2D eigenvalue weighted by Crippen LogP contribution is 2.61. The van der Waals surface area contributed by atoms with Crippen LogP contribution in [0.1, 0.15) is 125 Å². The fourth-order valence-electron chi connectivity index (χ4n) is 5.70. The average Bonchev–Trinajstić information content (AvgIpc) is 2.99. The summed E-state index contributed by atoms with van der Waals surface area (Å²) >= 11 is 0. The molecular weight excluding hydrogens is 546 g/mol. The van der Waals surface area contributed by atoms with Gasteiger partial charge in [-0.15, -0.1) is 0 Å². The van der Waals surface area contributed by atoms with Crippen molar-refractivity contribution in [3.8, 4) is 11.5 Å². The summed E-state index contributed by atoms with van der Waals surface area (Å²) in [6, 6.07) is 13.0. The monoisotopic (exact) mass is 598 g/mol. The van der Waals surface area contributed by atoms with Gasteiger partial charge in [-0.3, -0.25) is 9.59 Å². The van der Waals surface area contributed by atoms with E-state index in [1.807, 2.05) is 0 Å². The predicted octanol–water partition coefficient (Wildman–Crippen LogP) is 9.69. The van der Waals surface area contributed by atoms with E-state index in [1.54, 1.807) is 73.2 Å². The molecule has 42 heavy (non-hydrogen) atoms. The highest BCUT2D eigenvalue weighted by Gasteiger charge is 2.52. The average molecular weight is 599 g/mol. The van der Waals surface area contributed by atoms with Crippen molar-refractivity contribution in [2.75, 3.05) is 24.6 Å². The fraction of sp³-hybridized carbons (Fsp3) is 0.588. The maximum absolute atomic E-state index is 12.0. The van der Waals surface area contributed by atoms with Crippen molar-refractivity contribution in [1.29, 1.82) is 0 Å². The van der Waals surface area contributed by atoms with Gasteiger partial charge >= 0.3 is 18.9 Å². The van der Waals surface area contributed by atoms with Gasteiger partial charge in [-0.1, -0.05) is 96.9 Å². The Balaban J connectivity index is 0.000000230. The van der Waals surface area contributed by atoms with Crippen molar-refractivity contribution in [1.82, 2.24) is 0 Å². The Bertz CT molecular complexity index is 1040. The normalized spacial score (nSPS) is 14.9. The largest absolute Gasteiger partial charge is 0.781 e. The molecular formula is C34H52BO6P. The minimum absolute atomic E-state index is 0.251. The third-order valence-electron chi connectivity index (χ3n) is 8.20. The lowest BCUT2D eigenvalue weighted by molar-refractivity contribution is 0.0177. The van der Waals surface area contributed by atoms with Crippen LogP contribution in [0.2, 0.25) is 0 Å². The summed E-state index contributed by atoms with van der Waals surface area (Å²) in [6.45, 7) is 6.47. The number of carbonyl (C=O) groups is 2. The highest BCUT2D eigenvalue weighted by molar-refractivity contribution is 7.75. The molecule has 0 atom stereocenters. The van der Waals surface area contributed by atoms with Crippen LogP contribution in [-0.4, -0.2) is 43.5 Å². The highest BCUT2D eigenvalue weighted by atomic mass is 31.2. The number of rotatable bonds is 16. The molecule has 0 bridgehead atoms. The van der Waals surface area contributed by atoms with Gasteiger partial charge in [0.25, 0.3) is 0 Å². The molecule has 232 valence electrons. The second-order valence-electron chi connectivity index (χ2n) is 11.7. The molecule has 0 unspecified atom stereocenters. The van der Waals surface area contributed by atoms with Crippen LogP contribution in [0, 0.1) is 0 Å². The summed E-state index contributed by atoms with van der Waals surface area (Å²) in [7, 11) is -0.601. The van der Waals surface area contributed by atoms with E-state index in [-0.39, 0.29) is 22.6 Å². The fourth-order valence-corrected chi connectivity index (χ4v) is 10.9. The van der Waals surface area contributed by atoms with Crippen molar-refractivity contribution in [2.45, 2.75) is 105 Å². The Morgan fingerprint density at radius 1 is 0.500 bits per heavy atom. The van der Waals surface area contributed by atoms with Crippen LogP contribution < -0.4 is 9.31 Å². The van der Waals surface area contributed by atoms with Gasteiger partial charge in [-0.2, -0.15) is 0 Å². The van der Waals surface area contributed by atoms with E-state index in [9.17, 15) is 9.59 Å². The van der Waals surface area contributed by atoms with E-state index in [4.69, 9.17) is 18.6 Å². The van der Waals surface area contributed by atoms with Crippen LogP contribution in [-0.2, 0) is 9.31 Å². The van der Waals surface area contributed by atoms with E-state index in [0.717, 1.165) is 0 Å². The number of hydrogen-bond acceptors (Lipinski definition) is 6. The summed E-state index contributed by atoms with van der Waals surface area (Å²) in [5, 5.41) is 0. The van der Waals surface area contributed by atoms with Crippen LogP contribution in [0.15, 0.2) is 48.5 Å². The molecule has 0 amide bonds. The van der Waals surface area contributed by atoms with Crippen LogP contribution in [0.25, 0.3) is 0 Å². The SMILES string of the molecule is CCCCCCCC[P+](CCCC)(CCCC)CCCC.O=C1O[B-]2(OC(=O)c3ccccc3O2)Oc2ccccc21. The summed E-state index contributed by atoms with van der Waals surface area (Å²) in [6.07, 6.45) is 24.0. The summed E-state index contributed by atoms with van der Waals surface area (Å²) in [5.74, 6) is -0.824. The molecule has 2 aliphatic heterocycles. The number of carbonyl (C=O) groups excluding carboxylic acids is 2. The first kappa shape index (κ1) is 34.0. The zero-order chi connectivity index (χ0) is 30.3. The van der Waals surface area contributed by atoms with Crippen LogP contribution in [0.3, 0.4) is 0 Å². The lowest BCUT2D eigenvalue weighted by Crippen LogP contribution is -2.61. The summed E-state index contributed by atoms with van der Waals surface area (Å²) in [4.78, 5) is 24.0.